The third-order valence-electron chi connectivity index (χ3n) is 2.78. The fourth-order valence-electron chi connectivity index (χ4n) is 1.82. The van der Waals surface area contributed by atoms with Crippen LogP contribution < -0.4 is 0 Å². The molecule has 1 fully saturated rings. The summed E-state index contributed by atoms with van der Waals surface area (Å²) in [7, 11) is 0. The van der Waals surface area contributed by atoms with Crippen LogP contribution >= 0.6 is 15.9 Å². The topological polar surface area (TPSA) is 26.3 Å². The van der Waals surface area contributed by atoms with E-state index in [1.807, 2.05) is 0 Å². The Morgan fingerprint density at radius 1 is 1.22 bits per heavy atom. The molecule has 98 valence electrons. The summed E-state index contributed by atoms with van der Waals surface area (Å²) in [4.78, 5) is 11.1. The van der Waals surface area contributed by atoms with Crippen LogP contribution in [0.15, 0.2) is 24.3 Å². The molecule has 0 N–H and O–H groups in total. The Hall–Kier alpha value is -1.04. The maximum atomic E-state index is 12.4. The van der Waals surface area contributed by atoms with Crippen molar-refractivity contribution in [2.24, 2.45) is 0 Å². The molecule has 1 saturated heterocycles. The van der Waals surface area contributed by atoms with Gasteiger partial charge in [0, 0.05) is 6.42 Å². The number of carbonyl (C=O) groups excluding carboxylic acids is 1. The van der Waals surface area contributed by atoms with Crippen LogP contribution in [0.3, 0.4) is 0 Å². The molecule has 1 aliphatic rings. The molecule has 1 aromatic carbocycles. The van der Waals surface area contributed by atoms with Crippen molar-refractivity contribution in [2.45, 2.75) is 29.9 Å². The average molecular weight is 323 g/mol. The largest absolute Gasteiger partial charge is 0.456 e. The predicted molar refractivity (Wildman–Crippen MR) is 62.2 cm³/mol. The van der Waals surface area contributed by atoms with Crippen molar-refractivity contribution < 1.29 is 22.7 Å². The Labute approximate surface area is 110 Å². The quantitative estimate of drug-likeness (QED) is 0.580. The van der Waals surface area contributed by atoms with Crippen LogP contribution in [-0.2, 0) is 15.7 Å². The van der Waals surface area contributed by atoms with E-state index in [1.54, 1.807) is 0 Å². The summed E-state index contributed by atoms with van der Waals surface area (Å²) in [5.41, 5.74) is -0.141. The van der Waals surface area contributed by atoms with Crippen LogP contribution in [0.2, 0.25) is 0 Å². The standard InChI is InChI=1S/C12H10BrF3O2/c13-9-5-6-10(17)18-11(9)7-1-3-8(4-2-7)12(14,15)16/h1-4,9,11H,5-6H2/t9-,11+/m0/s1. The van der Waals surface area contributed by atoms with Gasteiger partial charge < -0.3 is 4.74 Å². The van der Waals surface area contributed by atoms with Crippen LogP contribution in [0.25, 0.3) is 0 Å². The molecule has 0 spiro atoms. The zero-order valence-corrected chi connectivity index (χ0v) is 10.8. The van der Waals surface area contributed by atoms with Gasteiger partial charge in [-0.2, -0.15) is 13.2 Å². The summed E-state index contributed by atoms with van der Waals surface area (Å²) in [6.07, 6.45) is -3.93. The number of rotatable bonds is 1. The van der Waals surface area contributed by atoms with E-state index >= 15 is 0 Å². The Morgan fingerprint density at radius 2 is 1.83 bits per heavy atom. The van der Waals surface area contributed by atoms with Gasteiger partial charge in [-0.25, -0.2) is 0 Å². The lowest BCUT2D eigenvalue weighted by atomic mass is 10.00. The van der Waals surface area contributed by atoms with Gasteiger partial charge >= 0.3 is 12.1 Å². The maximum absolute atomic E-state index is 12.4. The molecule has 2 atom stereocenters. The van der Waals surface area contributed by atoms with Crippen molar-refractivity contribution in [3.8, 4) is 0 Å². The minimum atomic E-state index is -4.35. The van der Waals surface area contributed by atoms with Gasteiger partial charge in [-0.05, 0) is 24.1 Å². The molecule has 0 aromatic heterocycles. The molecule has 1 aliphatic heterocycles. The van der Waals surface area contributed by atoms with E-state index in [0.29, 0.717) is 18.4 Å². The number of benzene rings is 1. The van der Waals surface area contributed by atoms with E-state index < -0.39 is 17.8 Å². The van der Waals surface area contributed by atoms with Crippen LogP contribution in [0.5, 0.6) is 0 Å². The van der Waals surface area contributed by atoms with E-state index in [0.717, 1.165) is 12.1 Å². The molecule has 0 unspecified atom stereocenters. The summed E-state index contributed by atoms with van der Waals surface area (Å²) in [6, 6.07) is 4.69. The van der Waals surface area contributed by atoms with E-state index in [9.17, 15) is 18.0 Å². The summed E-state index contributed by atoms with van der Waals surface area (Å²) in [5.74, 6) is -0.324. The van der Waals surface area contributed by atoms with Crippen molar-refractivity contribution in [1.29, 1.82) is 0 Å². The Morgan fingerprint density at radius 3 is 2.39 bits per heavy atom. The minimum Gasteiger partial charge on any atom is -0.456 e. The van der Waals surface area contributed by atoms with Crippen molar-refractivity contribution in [1.82, 2.24) is 0 Å². The number of ether oxygens (including phenoxy) is 1. The molecule has 18 heavy (non-hydrogen) atoms. The van der Waals surface area contributed by atoms with Crippen molar-refractivity contribution in [3.63, 3.8) is 0 Å². The first-order chi connectivity index (χ1) is 8.38. The van der Waals surface area contributed by atoms with Crippen molar-refractivity contribution >= 4 is 21.9 Å². The zero-order valence-electron chi connectivity index (χ0n) is 9.21. The van der Waals surface area contributed by atoms with Gasteiger partial charge in [0.2, 0.25) is 0 Å². The van der Waals surface area contributed by atoms with Gasteiger partial charge in [0.25, 0.3) is 0 Å². The second-order valence-electron chi connectivity index (χ2n) is 4.08. The smallest absolute Gasteiger partial charge is 0.416 e. The molecular weight excluding hydrogens is 313 g/mol. The molecule has 0 aliphatic carbocycles. The first-order valence-corrected chi connectivity index (χ1v) is 6.30. The van der Waals surface area contributed by atoms with E-state index in [4.69, 9.17) is 4.74 Å². The van der Waals surface area contributed by atoms with E-state index in [-0.39, 0.29) is 10.8 Å². The van der Waals surface area contributed by atoms with Crippen molar-refractivity contribution in [3.05, 3.63) is 35.4 Å². The normalized spacial score (nSPS) is 24.8. The lowest BCUT2D eigenvalue weighted by Crippen LogP contribution is -2.26. The fourth-order valence-corrected chi connectivity index (χ4v) is 2.46. The molecule has 0 saturated carbocycles. The SMILES string of the molecule is O=C1CC[C@H](Br)[C@@H](c2ccc(C(F)(F)F)cc2)O1. The molecule has 0 radical (unpaired) electrons. The van der Waals surface area contributed by atoms with Crippen LogP contribution in [0.4, 0.5) is 13.2 Å². The van der Waals surface area contributed by atoms with Crippen molar-refractivity contribution in [2.75, 3.05) is 0 Å². The first kappa shape index (κ1) is 13.4. The van der Waals surface area contributed by atoms with E-state index in [2.05, 4.69) is 15.9 Å². The summed E-state index contributed by atoms with van der Waals surface area (Å²) in [6.45, 7) is 0. The van der Waals surface area contributed by atoms with Gasteiger partial charge in [-0.15, -0.1) is 0 Å². The lowest BCUT2D eigenvalue weighted by molar-refractivity contribution is -0.153. The van der Waals surface area contributed by atoms with Crippen LogP contribution in [0, 0.1) is 0 Å². The number of alkyl halides is 4. The second kappa shape index (κ2) is 4.91. The minimum absolute atomic E-state index is 0.0630. The number of cyclic esters (lactones) is 1. The highest BCUT2D eigenvalue weighted by Gasteiger charge is 2.33. The predicted octanol–water partition coefficient (Wildman–Crippen LogP) is 3.85. The molecule has 2 rings (SSSR count). The number of halogens is 4. The van der Waals surface area contributed by atoms with Gasteiger partial charge in [-0.1, -0.05) is 28.1 Å². The lowest BCUT2D eigenvalue weighted by Gasteiger charge is -2.27. The molecule has 0 amide bonds. The van der Waals surface area contributed by atoms with Gasteiger partial charge in [0.05, 0.1) is 10.4 Å². The second-order valence-corrected chi connectivity index (χ2v) is 5.26. The Bertz CT molecular complexity index is 442. The third-order valence-corrected chi connectivity index (χ3v) is 3.72. The summed E-state index contributed by atoms with van der Waals surface area (Å²) >= 11 is 3.38. The highest BCUT2D eigenvalue weighted by Crippen LogP contribution is 2.35. The average Bonchev–Trinajstić information content (AvgIpc) is 2.31. The fraction of sp³-hybridized carbons (Fsp3) is 0.417. The maximum Gasteiger partial charge on any atom is 0.416 e. The van der Waals surface area contributed by atoms with E-state index in [1.165, 1.54) is 12.1 Å². The highest BCUT2D eigenvalue weighted by atomic mass is 79.9. The first-order valence-electron chi connectivity index (χ1n) is 5.38. The van der Waals surface area contributed by atoms with Gasteiger partial charge in [-0.3, -0.25) is 4.79 Å². The van der Waals surface area contributed by atoms with Gasteiger partial charge in [0.1, 0.15) is 6.10 Å². The molecular formula is C12H10BrF3O2. The summed E-state index contributed by atoms with van der Waals surface area (Å²) in [5, 5.41) is 0. The summed E-state index contributed by atoms with van der Waals surface area (Å²) < 4.78 is 42.4. The molecule has 0 bridgehead atoms. The monoisotopic (exact) mass is 322 g/mol. The zero-order chi connectivity index (χ0) is 13.3. The van der Waals surface area contributed by atoms with Crippen LogP contribution in [-0.4, -0.2) is 10.8 Å². The number of esters is 1. The molecule has 1 heterocycles. The highest BCUT2D eigenvalue weighted by molar-refractivity contribution is 9.09. The Balaban J connectivity index is 2.21. The number of hydrogen-bond acceptors (Lipinski definition) is 2. The Kier molecular flexibility index (Phi) is 3.66. The molecule has 2 nitrogen and oxygen atoms in total. The molecule has 1 aromatic rings. The number of hydrogen-bond donors (Lipinski definition) is 0. The third kappa shape index (κ3) is 2.85. The van der Waals surface area contributed by atoms with Gasteiger partial charge in [0.15, 0.2) is 0 Å². The number of carbonyl (C=O) groups is 1. The van der Waals surface area contributed by atoms with Crippen LogP contribution in [0.1, 0.15) is 30.1 Å². The molecule has 6 heteroatoms.